The van der Waals surface area contributed by atoms with Crippen LogP contribution < -0.4 is 4.74 Å². The predicted molar refractivity (Wildman–Crippen MR) is 174 cm³/mol. The number of hydrogen-bond donors (Lipinski definition) is 0. The summed E-state index contributed by atoms with van der Waals surface area (Å²) < 4.78 is 9.24. The van der Waals surface area contributed by atoms with E-state index in [9.17, 15) is 10.5 Å². The summed E-state index contributed by atoms with van der Waals surface area (Å²) in [5, 5.41) is 19.3. The van der Waals surface area contributed by atoms with Gasteiger partial charge in [0.2, 0.25) is 0 Å². The van der Waals surface area contributed by atoms with Crippen molar-refractivity contribution in [3.8, 4) is 29.0 Å². The molecule has 0 radical (unpaired) electrons. The molecule has 0 spiro atoms. The maximum atomic E-state index is 10.1. The van der Waals surface area contributed by atoms with Gasteiger partial charge < -0.3 is 9.30 Å². The number of hydrogen-bond acceptors (Lipinski definition) is 3. The molecule has 0 fully saturated rings. The van der Waals surface area contributed by atoms with E-state index >= 15 is 0 Å². The quantitative estimate of drug-likeness (QED) is 0.172. The number of ether oxygens (including phenoxy) is 1. The maximum Gasteiger partial charge on any atom is 0.184 e. The van der Waals surface area contributed by atoms with Crippen LogP contribution in [0.2, 0.25) is 0 Å². The monoisotopic (exact) mass is 569 g/mol. The first-order valence-corrected chi connectivity index (χ1v) is 14.6. The van der Waals surface area contributed by atoms with Gasteiger partial charge in [-0.25, -0.2) is 0 Å². The molecular weight excluding hydrogens is 538 g/mol. The molecule has 0 aliphatic heterocycles. The van der Waals surface area contributed by atoms with Crippen LogP contribution in [0.5, 0.6) is 5.75 Å². The Kier molecular flexibility index (Phi) is 7.83. The van der Waals surface area contributed by atoms with Crippen molar-refractivity contribution in [2.75, 3.05) is 0 Å². The van der Waals surface area contributed by atoms with Crippen LogP contribution in [0.4, 0.5) is 0 Å². The highest BCUT2D eigenvalue weighted by molar-refractivity contribution is 5.75. The summed E-state index contributed by atoms with van der Waals surface area (Å²) in [6.45, 7) is 4.65. The standard InChI is InChI=1S/C40H31N3O/c1-29-38(27-42)39(33-22-18-31(26-41)19-23-33)30(2)43(29)28-32-20-24-37(25-21-32)44-40(34-12-6-3-7-13-34,35-14-8-4-9-15-35)36-16-10-5-11-17-36/h3-25H,28H2,1-2H3. The van der Waals surface area contributed by atoms with Crippen molar-refractivity contribution in [1.29, 1.82) is 10.5 Å². The van der Waals surface area contributed by atoms with Gasteiger partial charge in [-0.05, 0) is 49.2 Å². The summed E-state index contributed by atoms with van der Waals surface area (Å²) in [6.07, 6.45) is 0. The van der Waals surface area contributed by atoms with Crippen molar-refractivity contribution >= 4 is 0 Å². The number of benzene rings is 5. The summed E-state index contributed by atoms with van der Waals surface area (Å²) in [7, 11) is 0. The number of aromatic nitrogens is 1. The molecule has 0 N–H and O–H groups in total. The zero-order valence-electron chi connectivity index (χ0n) is 24.7. The molecule has 0 amide bonds. The smallest absolute Gasteiger partial charge is 0.184 e. The fraction of sp³-hybridized carbons (Fsp3) is 0.100. The van der Waals surface area contributed by atoms with Crippen LogP contribution in [-0.4, -0.2) is 4.57 Å². The van der Waals surface area contributed by atoms with Crippen molar-refractivity contribution in [3.63, 3.8) is 0 Å². The Morgan fingerprint density at radius 3 is 1.55 bits per heavy atom. The molecule has 0 aliphatic carbocycles. The molecule has 1 heterocycles. The molecular formula is C40H31N3O. The molecule has 44 heavy (non-hydrogen) atoms. The average Bonchev–Trinajstić information content (AvgIpc) is 3.33. The first-order valence-electron chi connectivity index (χ1n) is 14.6. The van der Waals surface area contributed by atoms with Crippen molar-refractivity contribution in [2.45, 2.75) is 26.0 Å². The third-order valence-corrected chi connectivity index (χ3v) is 8.27. The van der Waals surface area contributed by atoms with E-state index in [1.165, 1.54) is 0 Å². The summed E-state index contributed by atoms with van der Waals surface area (Å²) in [6, 6.07) is 51.3. The molecule has 0 saturated carbocycles. The molecule has 0 unspecified atom stereocenters. The summed E-state index contributed by atoms with van der Waals surface area (Å²) in [4.78, 5) is 0. The number of nitrogens with zero attached hydrogens (tertiary/aromatic N) is 3. The van der Waals surface area contributed by atoms with E-state index in [0.717, 1.165) is 50.5 Å². The Labute approximate surface area is 258 Å². The predicted octanol–water partition coefficient (Wildman–Crippen LogP) is 8.93. The Bertz CT molecular complexity index is 1860. The molecule has 212 valence electrons. The van der Waals surface area contributed by atoms with Gasteiger partial charge in [0.15, 0.2) is 5.60 Å². The lowest BCUT2D eigenvalue weighted by Gasteiger charge is -2.36. The molecule has 4 nitrogen and oxygen atoms in total. The highest BCUT2D eigenvalue weighted by Crippen LogP contribution is 2.41. The minimum Gasteiger partial charge on any atom is -0.473 e. The average molecular weight is 570 g/mol. The van der Waals surface area contributed by atoms with Gasteiger partial charge in [0, 0.05) is 40.2 Å². The van der Waals surface area contributed by atoms with E-state index in [1.54, 1.807) is 12.1 Å². The van der Waals surface area contributed by atoms with Crippen LogP contribution in [0, 0.1) is 36.5 Å². The third-order valence-electron chi connectivity index (χ3n) is 8.27. The second kappa shape index (κ2) is 12.2. The van der Waals surface area contributed by atoms with Crippen molar-refractivity contribution in [1.82, 2.24) is 4.57 Å². The number of nitriles is 2. The molecule has 4 heteroatoms. The summed E-state index contributed by atoms with van der Waals surface area (Å²) in [5.74, 6) is 0.752. The van der Waals surface area contributed by atoms with Gasteiger partial charge in [-0.1, -0.05) is 115 Å². The largest absolute Gasteiger partial charge is 0.473 e. The van der Waals surface area contributed by atoms with Crippen molar-refractivity contribution < 1.29 is 4.74 Å². The van der Waals surface area contributed by atoms with Gasteiger partial charge in [-0.3, -0.25) is 0 Å². The maximum absolute atomic E-state index is 10.1. The van der Waals surface area contributed by atoms with Crippen molar-refractivity contribution in [2.24, 2.45) is 0 Å². The summed E-state index contributed by atoms with van der Waals surface area (Å²) in [5.41, 5.74) is 8.40. The fourth-order valence-electron chi connectivity index (χ4n) is 6.04. The molecule has 0 aliphatic rings. The minimum atomic E-state index is -0.851. The van der Waals surface area contributed by atoms with Gasteiger partial charge in [0.1, 0.15) is 11.8 Å². The molecule has 6 rings (SSSR count). The lowest BCUT2D eigenvalue weighted by atomic mass is 9.80. The normalized spacial score (nSPS) is 11.0. The highest BCUT2D eigenvalue weighted by Gasteiger charge is 2.39. The molecule has 1 aromatic heterocycles. The Morgan fingerprint density at radius 1 is 0.591 bits per heavy atom. The van der Waals surface area contributed by atoms with Crippen LogP contribution in [-0.2, 0) is 12.1 Å². The van der Waals surface area contributed by atoms with Gasteiger partial charge in [-0.2, -0.15) is 10.5 Å². The van der Waals surface area contributed by atoms with Gasteiger partial charge >= 0.3 is 0 Å². The lowest BCUT2D eigenvalue weighted by Crippen LogP contribution is -2.36. The van der Waals surface area contributed by atoms with E-state index in [0.29, 0.717) is 17.7 Å². The summed E-state index contributed by atoms with van der Waals surface area (Å²) >= 11 is 0. The third kappa shape index (κ3) is 5.15. The highest BCUT2D eigenvalue weighted by atomic mass is 16.5. The molecule has 0 saturated heterocycles. The van der Waals surface area contributed by atoms with Gasteiger partial charge in [0.05, 0.1) is 17.2 Å². The number of rotatable bonds is 8. The van der Waals surface area contributed by atoms with Gasteiger partial charge in [0.25, 0.3) is 0 Å². The first kappa shape index (κ1) is 28.3. The second-order valence-electron chi connectivity index (χ2n) is 10.8. The Balaban J connectivity index is 1.37. The first-order chi connectivity index (χ1) is 21.5. The molecule has 6 aromatic rings. The van der Waals surface area contributed by atoms with Crippen LogP contribution in [0.15, 0.2) is 140 Å². The fourth-order valence-corrected chi connectivity index (χ4v) is 6.04. The topological polar surface area (TPSA) is 61.7 Å². The Hall–Kier alpha value is -5.84. The van der Waals surface area contributed by atoms with E-state index in [2.05, 4.69) is 65.2 Å². The molecule has 0 bridgehead atoms. The zero-order valence-corrected chi connectivity index (χ0v) is 24.7. The van der Waals surface area contributed by atoms with E-state index in [-0.39, 0.29) is 0 Å². The molecule has 5 aromatic carbocycles. The minimum absolute atomic E-state index is 0.596. The van der Waals surface area contributed by atoms with Crippen LogP contribution >= 0.6 is 0 Å². The van der Waals surface area contributed by atoms with E-state index in [4.69, 9.17) is 4.74 Å². The Morgan fingerprint density at radius 2 is 1.09 bits per heavy atom. The van der Waals surface area contributed by atoms with Gasteiger partial charge in [-0.15, -0.1) is 0 Å². The van der Waals surface area contributed by atoms with E-state index in [1.807, 2.05) is 92.7 Å². The SMILES string of the molecule is Cc1c(C#N)c(-c2ccc(C#N)cc2)c(C)n1Cc1ccc(OC(c2ccccc2)(c2ccccc2)c2ccccc2)cc1. The zero-order chi connectivity index (χ0) is 30.5. The van der Waals surface area contributed by atoms with Crippen molar-refractivity contribution in [3.05, 3.63) is 184 Å². The van der Waals surface area contributed by atoms with Crippen LogP contribution in [0.25, 0.3) is 11.1 Å². The molecule has 0 atom stereocenters. The second-order valence-corrected chi connectivity index (χ2v) is 10.8. The van der Waals surface area contributed by atoms with Crippen LogP contribution in [0.1, 0.15) is 44.8 Å². The van der Waals surface area contributed by atoms with E-state index < -0.39 is 5.60 Å². The lowest BCUT2D eigenvalue weighted by molar-refractivity contribution is 0.155. The van der Waals surface area contributed by atoms with Crippen LogP contribution in [0.3, 0.4) is 0 Å².